The van der Waals surface area contributed by atoms with Gasteiger partial charge < -0.3 is 14.7 Å². The van der Waals surface area contributed by atoms with Crippen LogP contribution in [-0.4, -0.2) is 53.5 Å². The first kappa shape index (κ1) is 25.5. The Morgan fingerprint density at radius 2 is 2.06 bits per heavy atom. The minimum absolute atomic E-state index is 0.0191. The third kappa shape index (κ3) is 6.53. The molecule has 186 valence electrons. The van der Waals surface area contributed by atoms with Crippen LogP contribution in [0.5, 0.6) is 5.75 Å². The second-order valence-electron chi connectivity index (χ2n) is 9.28. The van der Waals surface area contributed by atoms with Crippen LogP contribution < -0.4 is 4.74 Å². The van der Waals surface area contributed by atoms with Crippen LogP contribution in [0.2, 0.25) is 0 Å². The van der Waals surface area contributed by atoms with Gasteiger partial charge in [0.2, 0.25) is 0 Å². The maximum Gasteiger partial charge on any atom is 0.308 e. The minimum atomic E-state index is -1.18. The number of thioether (sulfide) groups is 1. The summed E-state index contributed by atoms with van der Waals surface area (Å²) in [4.78, 5) is 19.9. The van der Waals surface area contributed by atoms with E-state index in [9.17, 15) is 9.90 Å². The van der Waals surface area contributed by atoms with Gasteiger partial charge in [-0.05, 0) is 80.6 Å². The second-order valence-corrected chi connectivity index (χ2v) is 10.5. The summed E-state index contributed by atoms with van der Waals surface area (Å²) in [6.45, 7) is 4.31. The van der Waals surface area contributed by atoms with Gasteiger partial charge >= 0.3 is 5.97 Å². The van der Waals surface area contributed by atoms with Crippen molar-refractivity contribution in [3.05, 3.63) is 65.9 Å². The molecule has 0 unspecified atom stereocenters. The number of aryl methyl sites for hydroxylation is 1. The van der Waals surface area contributed by atoms with E-state index in [2.05, 4.69) is 41.1 Å². The Kier molecular flexibility index (Phi) is 8.63. The first-order valence-electron chi connectivity index (χ1n) is 12.2. The van der Waals surface area contributed by atoms with Gasteiger partial charge in [-0.15, -0.1) is 11.8 Å². The third-order valence-electron chi connectivity index (χ3n) is 6.97. The summed E-state index contributed by atoms with van der Waals surface area (Å²) in [6.07, 6.45) is 2.09. The molecule has 3 aromatic rings. The zero-order valence-corrected chi connectivity index (χ0v) is 21.1. The summed E-state index contributed by atoms with van der Waals surface area (Å²) in [7, 11) is 1.59. The van der Waals surface area contributed by atoms with Crippen molar-refractivity contribution in [1.82, 2.24) is 9.88 Å². The van der Waals surface area contributed by atoms with Gasteiger partial charge in [0.25, 0.3) is 0 Å². The van der Waals surface area contributed by atoms with E-state index in [1.165, 1.54) is 10.5 Å². The summed E-state index contributed by atoms with van der Waals surface area (Å²) < 4.78 is 20.7. The number of ether oxygens (including phenoxy) is 1. The van der Waals surface area contributed by atoms with Crippen LogP contribution in [0.3, 0.4) is 0 Å². The van der Waals surface area contributed by atoms with Crippen LogP contribution in [-0.2, 0) is 4.79 Å². The van der Waals surface area contributed by atoms with Gasteiger partial charge in [0, 0.05) is 35.3 Å². The normalized spacial score (nSPS) is 19.5. The fourth-order valence-electron chi connectivity index (χ4n) is 4.89. The minimum Gasteiger partial charge on any atom is -0.497 e. The molecule has 3 atom stereocenters. The predicted octanol–water partition coefficient (Wildman–Crippen LogP) is 6.16. The maximum atomic E-state index is 15.4. The Hall–Kier alpha value is -2.64. The number of hydrogen-bond donors (Lipinski definition) is 1. The van der Waals surface area contributed by atoms with Gasteiger partial charge in [-0.25, -0.2) is 4.39 Å². The van der Waals surface area contributed by atoms with Crippen LogP contribution in [0, 0.1) is 18.8 Å². The van der Waals surface area contributed by atoms with Crippen LogP contribution in [0.15, 0.2) is 59.6 Å². The van der Waals surface area contributed by atoms with E-state index in [4.69, 9.17) is 4.74 Å². The molecule has 0 radical (unpaired) electrons. The molecule has 0 spiro atoms. The second kappa shape index (κ2) is 11.9. The molecular weight excluding hydrogens is 463 g/mol. The zero-order valence-electron chi connectivity index (χ0n) is 20.3. The lowest BCUT2D eigenvalue weighted by Crippen LogP contribution is -2.44. The Bertz CT molecular complexity index is 1140. The lowest BCUT2D eigenvalue weighted by atomic mass is 9.81. The van der Waals surface area contributed by atoms with E-state index in [-0.39, 0.29) is 5.92 Å². The Morgan fingerprint density at radius 3 is 2.80 bits per heavy atom. The highest BCUT2D eigenvalue weighted by Gasteiger charge is 2.34. The highest BCUT2D eigenvalue weighted by atomic mass is 32.2. The van der Waals surface area contributed by atoms with Crippen molar-refractivity contribution in [2.45, 2.75) is 37.3 Å². The van der Waals surface area contributed by atoms with E-state index < -0.39 is 18.1 Å². The maximum absolute atomic E-state index is 15.4. The molecule has 7 heteroatoms. The molecule has 1 saturated heterocycles. The molecule has 1 aromatic heterocycles. The number of piperidine rings is 1. The predicted molar refractivity (Wildman–Crippen MR) is 139 cm³/mol. The number of carboxylic acid groups (broad SMARTS) is 1. The summed E-state index contributed by atoms with van der Waals surface area (Å²) in [6, 6.07) is 15.7. The third-order valence-corrected chi connectivity index (χ3v) is 7.96. The van der Waals surface area contributed by atoms with Gasteiger partial charge in [-0.2, -0.15) is 0 Å². The van der Waals surface area contributed by atoms with Crippen molar-refractivity contribution < 1.29 is 19.0 Å². The molecule has 2 heterocycles. The molecule has 5 nitrogen and oxygen atoms in total. The summed E-state index contributed by atoms with van der Waals surface area (Å²) in [5.74, 6) is 0.327. The lowest BCUT2D eigenvalue weighted by Gasteiger charge is -2.36. The number of carboxylic acids is 1. The average molecular weight is 497 g/mol. The molecule has 1 fully saturated rings. The molecule has 1 aliphatic heterocycles. The van der Waals surface area contributed by atoms with E-state index in [1.807, 2.05) is 18.2 Å². The van der Waals surface area contributed by atoms with E-state index in [0.717, 1.165) is 36.2 Å². The number of fused-ring (bicyclic) bond motifs is 1. The van der Waals surface area contributed by atoms with Crippen LogP contribution in [0.1, 0.15) is 36.6 Å². The number of benzene rings is 2. The van der Waals surface area contributed by atoms with E-state index >= 15 is 4.39 Å². The fourth-order valence-corrected chi connectivity index (χ4v) is 5.80. The highest BCUT2D eigenvalue weighted by Crippen LogP contribution is 2.35. The molecule has 0 saturated carbocycles. The van der Waals surface area contributed by atoms with Gasteiger partial charge in [0.15, 0.2) is 0 Å². The molecule has 2 aromatic carbocycles. The lowest BCUT2D eigenvalue weighted by molar-refractivity contribution is -0.146. The highest BCUT2D eigenvalue weighted by molar-refractivity contribution is 7.99. The average Bonchev–Trinajstić information content (AvgIpc) is 2.88. The SMILES string of the molecule is COc1ccc2nccc([C@@H](F)CC[C@@H]3CCN(CCSc4ccc(C)cc4)C[C@@H]3C(=O)O)c2c1. The number of aromatic nitrogens is 1. The van der Waals surface area contributed by atoms with Gasteiger partial charge in [-0.1, -0.05) is 17.7 Å². The summed E-state index contributed by atoms with van der Waals surface area (Å²) in [5, 5.41) is 10.6. The molecule has 4 rings (SSSR count). The number of alkyl halides is 1. The first-order valence-corrected chi connectivity index (χ1v) is 13.1. The fraction of sp³-hybridized carbons (Fsp3) is 0.429. The van der Waals surface area contributed by atoms with E-state index in [1.54, 1.807) is 31.1 Å². The van der Waals surface area contributed by atoms with E-state index in [0.29, 0.717) is 30.7 Å². The quantitative estimate of drug-likeness (QED) is 0.339. The molecule has 35 heavy (non-hydrogen) atoms. The van der Waals surface area contributed by atoms with Crippen molar-refractivity contribution in [3.63, 3.8) is 0 Å². The van der Waals surface area contributed by atoms with Gasteiger partial charge in [-0.3, -0.25) is 9.78 Å². The summed E-state index contributed by atoms with van der Waals surface area (Å²) >= 11 is 1.80. The van der Waals surface area contributed by atoms with Crippen LogP contribution in [0.25, 0.3) is 10.9 Å². The topological polar surface area (TPSA) is 62.7 Å². The molecule has 1 N–H and O–H groups in total. The Labute approximate surface area is 210 Å². The molecule has 0 aliphatic carbocycles. The van der Waals surface area contributed by atoms with Crippen molar-refractivity contribution in [3.8, 4) is 5.75 Å². The number of hydrogen-bond acceptors (Lipinski definition) is 5. The van der Waals surface area contributed by atoms with Gasteiger partial charge in [0.1, 0.15) is 11.9 Å². The van der Waals surface area contributed by atoms with Crippen LogP contribution >= 0.6 is 11.8 Å². The van der Waals surface area contributed by atoms with Crippen LogP contribution in [0.4, 0.5) is 4.39 Å². The Morgan fingerprint density at radius 1 is 1.26 bits per heavy atom. The number of pyridine rings is 1. The molecule has 0 bridgehead atoms. The molecular formula is C28H33FN2O3S. The Balaban J connectivity index is 1.32. The zero-order chi connectivity index (χ0) is 24.8. The van der Waals surface area contributed by atoms with Crippen molar-refractivity contribution in [2.24, 2.45) is 11.8 Å². The number of halogens is 1. The number of carbonyl (C=O) groups is 1. The number of methoxy groups -OCH3 is 1. The van der Waals surface area contributed by atoms with Crippen molar-refractivity contribution in [2.75, 3.05) is 32.5 Å². The first-order chi connectivity index (χ1) is 16.9. The number of likely N-dealkylation sites (tertiary alicyclic amines) is 1. The number of rotatable bonds is 10. The van der Waals surface area contributed by atoms with Gasteiger partial charge in [0.05, 0.1) is 18.5 Å². The standard InChI is InChI=1S/C28H33FN2O3S/c1-19-3-7-22(8-4-19)35-16-15-31-14-12-20(25(18-31)28(32)33)5-9-26(29)23-11-13-30-27-10-6-21(34-2)17-24(23)27/h3-4,6-8,10-11,13,17,20,25-26H,5,9,12,14-16,18H2,1-2H3,(H,32,33)/t20-,25+,26+/m1/s1. The monoisotopic (exact) mass is 496 g/mol. The van der Waals surface area contributed by atoms with Crippen molar-refractivity contribution in [1.29, 1.82) is 0 Å². The molecule has 1 aliphatic rings. The number of aliphatic carboxylic acids is 1. The summed E-state index contributed by atoms with van der Waals surface area (Å²) in [5.41, 5.74) is 2.56. The smallest absolute Gasteiger partial charge is 0.308 e. The number of nitrogens with zero attached hydrogens (tertiary/aromatic N) is 2. The molecule has 0 amide bonds. The van der Waals surface area contributed by atoms with Crippen molar-refractivity contribution >= 4 is 28.6 Å². The largest absolute Gasteiger partial charge is 0.497 e.